The minimum atomic E-state index is -1.19. The Morgan fingerprint density at radius 3 is 2.56 bits per heavy atom. The molecule has 1 aromatic rings. The van der Waals surface area contributed by atoms with E-state index in [0.717, 1.165) is 12.5 Å². The topological polar surface area (TPSA) is 46.5 Å². The van der Waals surface area contributed by atoms with Crippen molar-refractivity contribution in [2.24, 2.45) is 0 Å². The number of halogens is 2. The van der Waals surface area contributed by atoms with E-state index in [2.05, 4.69) is 0 Å². The normalized spacial score (nSPS) is 17.3. The molecule has 0 unspecified atom stereocenters. The van der Waals surface area contributed by atoms with Gasteiger partial charge in [0.2, 0.25) is 0 Å². The van der Waals surface area contributed by atoms with E-state index in [1.807, 2.05) is 0 Å². The lowest BCUT2D eigenvalue weighted by atomic mass is 9.64. The van der Waals surface area contributed by atoms with E-state index in [9.17, 15) is 18.7 Å². The Hall–Kier alpha value is -1.49. The minimum Gasteiger partial charge on any atom is -0.481 e. The smallest absolute Gasteiger partial charge is 0.314 e. The average molecular weight is 256 g/mol. The largest absolute Gasteiger partial charge is 0.481 e. The first-order valence-electron chi connectivity index (χ1n) is 5.72. The lowest BCUT2D eigenvalue weighted by Crippen LogP contribution is -2.43. The molecule has 3 nitrogen and oxygen atoms in total. The van der Waals surface area contributed by atoms with Gasteiger partial charge in [-0.05, 0) is 18.9 Å². The Bertz CT molecular complexity index is 481. The van der Waals surface area contributed by atoms with Crippen LogP contribution in [0.5, 0.6) is 0 Å². The zero-order valence-corrected chi connectivity index (χ0v) is 10.0. The van der Waals surface area contributed by atoms with Crippen LogP contribution in [0.3, 0.4) is 0 Å². The van der Waals surface area contributed by atoms with Gasteiger partial charge in [-0.1, -0.05) is 12.5 Å². The highest BCUT2D eigenvalue weighted by molar-refractivity contribution is 5.82. The average Bonchev–Trinajstić information content (AvgIpc) is 2.25. The summed E-state index contributed by atoms with van der Waals surface area (Å²) in [6, 6.07) is 2.34. The zero-order chi connectivity index (χ0) is 13.3. The van der Waals surface area contributed by atoms with E-state index in [1.165, 1.54) is 13.2 Å². The van der Waals surface area contributed by atoms with Gasteiger partial charge in [-0.2, -0.15) is 0 Å². The summed E-state index contributed by atoms with van der Waals surface area (Å²) in [6.07, 6.45) is 1.51. The van der Waals surface area contributed by atoms with Crippen molar-refractivity contribution in [1.82, 2.24) is 0 Å². The van der Waals surface area contributed by atoms with E-state index >= 15 is 0 Å². The summed E-state index contributed by atoms with van der Waals surface area (Å²) >= 11 is 0. The Kier molecular flexibility index (Phi) is 3.34. The molecule has 1 saturated carbocycles. The predicted molar refractivity (Wildman–Crippen MR) is 60.2 cm³/mol. The first-order valence-corrected chi connectivity index (χ1v) is 5.72. The fourth-order valence-electron chi connectivity index (χ4n) is 2.37. The molecule has 0 bridgehead atoms. The second-order valence-corrected chi connectivity index (χ2v) is 4.56. The predicted octanol–water partition coefficient (Wildman–Crippen LogP) is 2.62. The molecular weight excluding hydrogens is 242 g/mol. The van der Waals surface area contributed by atoms with Crippen LogP contribution in [0.4, 0.5) is 8.78 Å². The highest BCUT2D eigenvalue weighted by atomic mass is 19.1. The Morgan fingerprint density at radius 1 is 1.44 bits per heavy atom. The number of benzene rings is 1. The maximum absolute atomic E-state index is 14.2. The molecule has 0 aliphatic heterocycles. The van der Waals surface area contributed by atoms with E-state index in [-0.39, 0.29) is 17.7 Å². The second kappa shape index (κ2) is 4.65. The first-order chi connectivity index (χ1) is 8.53. The fraction of sp³-hybridized carbons (Fsp3) is 0.462. The molecule has 18 heavy (non-hydrogen) atoms. The highest BCUT2D eigenvalue weighted by Crippen LogP contribution is 2.45. The molecule has 0 atom stereocenters. The number of hydrogen-bond donors (Lipinski definition) is 1. The third-order valence-corrected chi connectivity index (χ3v) is 3.61. The minimum absolute atomic E-state index is 0.0645. The molecule has 0 amide bonds. The lowest BCUT2D eigenvalue weighted by molar-refractivity contribution is -0.147. The molecule has 2 rings (SSSR count). The van der Waals surface area contributed by atoms with E-state index in [4.69, 9.17) is 4.74 Å². The molecule has 5 heteroatoms. The highest BCUT2D eigenvalue weighted by Gasteiger charge is 2.48. The molecule has 1 aliphatic carbocycles. The number of ether oxygens (including phenoxy) is 1. The van der Waals surface area contributed by atoms with Gasteiger partial charge in [0.1, 0.15) is 11.6 Å². The van der Waals surface area contributed by atoms with Gasteiger partial charge in [-0.25, -0.2) is 8.78 Å². The van der Waals surface area contributed by atoms with E-state index < -0.39 is 23.0 Å². The van der Waals surface area contributed by atoms with Gasteiger partial charge in [0.25, 0.3) is 0 Å². The number of carboxylic acids is 1. The fourth-order valence-corrected chi connectivity index (χ4v) is 2.37. The Balaban J connectivity index is 2.52. The summed E-state index contributed by atoms with van der Waals surface area (Å²) in [6.45, 7) is -0.207. The molecule has 1 aliphatic rings. The number of hydrogen-bond acceptors (Lipinski definition) is 2. The van der Waals surface area contributed by atoms with Crippen LogP contribution in [0.2, 0.25) is 0 Å². The van der Waals surface area contributed by atoms with Crippen molar-refractivity contribution < 1.29 is 23.4 Å². The summed E-state index contributed by atoms with van der Waals surface area (Å²) in [7, 11) is 1.34. The summed E-state index contributed by atoms with van der Waals surface area (Å²) in [5, 5.41) is 9.26. The van der Waals surface area contributed by atoms with Crippen molar-refractivity contribution in [2.75, 3.05) is 7.11 Å². The van der Waals surface area contributed by atoms with Gasteiger partial charge in [-0.15, -0.1) is 0 Å². The van der Waals surface area contributed by atoms with Crippen molar-refractivity contribution >= 4 is 5.97 Å². The van der Waals surface area contributed by atoms with Crippen molar-refractivity contribution in [3.8, 4) is 0 Å². The van der Waals surface area contributed by atoms with Crippen LogP contribution in [-0.4, -0.2) is 18.2 Å². The third kappa shape index (κ3) is 1.79. The second-order valence-electron chi connectivity index (χ2n) is 4.56. The zero-order valence-electron chi connectivity index (χ0n) is 10.0. The molecule has 98 valence electrons. The first kappa shape index (κ1) is 13.0. The van der Waals surface area contributed by atoms with E-state index in [0.29, 0.717) is 12.8 Å². The van der Waals surface area contributed by atoms with Crippen LogP contribution in [0.15, 0.2) is 12.1 Å². The van der Waals surface area contributed by atoms with Crippen LogP contribution in [0.1, 0.15) is 30.4 Å². The summed E-state index contributed by atoms with van der Waals surface area (Å²) in [4.78, 5) is 11.3. The number of carbonyl (C=O) groups is 1. The maximum Gasteiger partial charge on any atom is 0.314 e. The summed E-state index contributed by atoms with van der Waals surface area (Å²) in [5.41, 5.74) is -1.34. The Morgan fingerprint density at radius 2 is 2.11 bits per heavy atom. The standard InChI is InChI=1S/C13H14F2O3/c1-18-7-8-10(14)4-3-9(11(8)15)13(12(16)17)5-2-6-13/h3-4H,2,5-7H2,1H3,(H,16,17). The van der Waals surface area contributed by atoms with Gasteiger partial charge in [0.15, 0.2) is 0 Å². The van der Waals surface area contributed by atoms with Crippen molar-refractivity contribution in [3.63, 3.8) is 0 Å². The van der Waals surface area contributed by atoms with Crippen LogP contribution in [-0.2, 0) is 21.6 Å². The van der Waals surface area contributed by atoms with Crippen LogP contribution in [0.25, 0.3) is 0 Å². The van der Waals surface area contributed by atoms with Crippen molar-refractivity contribution in [3.05, 3.63) is 34.9 Å². The summed E-state index contributed by atoms with van der Waals surface area (Å²) < 4.78 is 32.4. The van der Waals surface area contributed by atoms with E-state index in [1.54, 1.807) is 0 Å². The molecule has 1 N–H and O–H groups in total. The van der Waals surface area contributed by atoms with Gasteiger partial charge in [0.05, 0.1) is 12.0 Å². The number of methoxy groups -OCH3 is 1. The van der Waals surface area contributed by atoms with Crippen LogP contribution < -0.4 is 0 Å². The SMILES string of the molecule is COCc1c(F)ccc(C2(C(=O)O)CCC2)c1F. The molecule has 1 aromatic carbocycles. The third-order valence-electron chi connectivity index (χ3n) is 3.61. The number of carboxylic acid groups (broad SMARTS) is 1. The molecule has 1 fully saturated rings. The molecule has 0 spiro atoms. The van der Waals surface area contributed by atoms with Crippen molar-refractivity contribution in [2.45, 2.75) is 31.3 Å². The molecule has 0 aromatic heterocycles. The number of aliphatic carboxylic acids is 1. The van der Waals surface area contributed by atoms with Gasteiger partial charge in [-0.3, -0.25) is 4.79 Å². The van der Waals surface area contributed by atoms with Crippen LogP contribution in [0, 0.1) is 11.6 Å². The van der Waals surface area contributed by atoms with Gasteiger partial charge >= 0.3 is 5.97 Å². The van der Waals surface area contributed by atoms with Gasteiger partial charge in [0, 0.05) is 18.2 Å². The van der Waals surface area contributed by atoms with Crippen molar-refractivity contribution in [1.29, 1.82) is 0 Å². The molecule has 0 heterocycles. The maximum atomic E-state index is 14.2. The van der Waals surface area contributed by atoms with Crippen LogP contribution >= 0.6 is 0 Å². The number of rotatable bonds is 4. The lowest BCUT2D eigenvalue weighted by Gasteiger charge is -2.38. The molecule has 0 saturated heterocycles. The summed E-state index contributed by atoms with van der Waals surface area (Å²) in [5.74, 6) is -2.56. The Labute approximate surface area is 103 Å². The quantitative estimate of drug-likeness (QED) is 0.900. The monoisotopic (exact) mass is 256 g/mol. The molecule has 0 radical (unpaired) electrons. The van der Waals surface area contributed by atoms with Gasteiger partial charge < -0.3 is 9.84 Å². The molecular formula is C13H14F2O3.